The largest absolute Gasteiger partial charge is 0.383 e. The molecule has 110 valence electrons. The first-order chi connectivity index (χ1) is 10.1. The number of hydrogen-bond acceptors (Lipinski definition) is 3. The highest BCUT2D eigenvalue weighted by Gasteiger charge is 2.12. The number of nitrogens with one attached hydrogen (secondary N) is 2. The van der Waals surface area contributed by atoms with Crippen molar-refractivity contribution in [2.45, 2.75) is 13.3 Å². The number of amides is 1. The molecule has 0 radical (unpaired) electrons. The predicted octanol–water partition coefficient (Wildman–Crippen LogP) is 3.43. The Morgan fingerprint density at radius 2 is 1.95 bits per heavy atom. The summed E-state index contributed by atoms with van der Waals surface area (Å²) in [5.74, 6) is -1.95. The van der Waals surface area contributed by atoms with Gasteiger partial charge in [-0.15, -0.1) is 0 Å². The number of carbonyl (C=O) groups excluding carboxylic acids is 1. The zero-order chi connectivity index (χ0) is 15.2. The van der Waals surface area contributed by atoms with Crippen molar-refractivity contribution in [2.24, 2.45) is 0 Å². The zero-order valence-electron chi connectivity index (χ0n) is 11.5. The lowest BCUT2D eigenvalue weighted by molar-refractivity contribution is 0.102. The summed E-state index contributed by atoms with van der Waals surface area (Å²) in [6.07, 6.45) is 3.92. The maximum atomic E-state index is 13.1. The number of aromatic nitrogens is 1. The topological polar surface area (TPSA) is 54.0 Å². The molecular weight excluding hydrogens is 276 g/mol. The van der Waals surface area contributed by atoms with Crippen molar-refractivity contribution in [1.29, 1.82) is 0 Å². The third-order valence-corrected chi connectivity index (χ3v) is 2.75. The summed E-state index contributed by atoms with van der Waals surface area (Å²) in [7, 11) is 0. The van der Waals surface area contributed by atoms with Crippen LogP contribution in [0.3, 0.4) is 0 Å². The van der Waals surface area contributed by atoms with Crippen LogP contribution in [0.5, 0.6) is 0 Å². The first-order valence-electron chi connectivity index (χ1n) is 6.55. The van der Waals surface area contributed by atoms with Crippen molar-refractivity contribution in [2.75, 3.05) is 17.2 Å². The van der Waals surface area contributed by atoms with Gasteiger partial charge in [0.1, 0.15) is 11.6 Å². The maximum Gasteiger partial charge on any atom is 0.257 e. The van der Waals surface area contributed by atoms with Gasteiger partial charge in [0, 0.05) is 24.5 Å². The second-order valence-corrected chi connectivity index (χ2v) is 4.46. The molecule has 0 saturated carbocycles. The van der Waals surface area contributed by atoms with E-state index in [2.05, 4.69) is 15.6 Å². The van der Waals surface area contributed by atoms with Crippen LogP contribution in [0.25, 0.3) is 0 Å². The highest BCUT2D eigenvalue weighted by atomic mass is 19.1. The number of halogens is 2. The van der Waals surface area contributed by atoms with E-state index in [1.165, 1.54) is 12.4 Å². The molecule has 0 saturated heterocycles. The molecule has 4 nitrogen and oxygen atoms in total. The molecule has 0 spiro atoms. The monoisotopic (exact) mass is 291 g/mol. The van der Waals surface area contributed by atoms with Gasteiger partial charge in [-0.2, -0.15) is 0 Å². The Balaban J connectivity index is 2.20. The summed E-state index contributed by atoms with van der Waals surface area (Å²) in [4.78, 5) is 16.2. The van der Waals surface area contributed by atoms with Crippen LogP contribution in [0.2, 0.25) is 0 Å². The Bertz CT molecular complexity index is 626. The molecule has 0 atom stereocenters. The molecule has 2 aromatic rings. The second-order valence-electron chi connectivity index (χ2n) is 4.46. The lowest BCUT2D eigenvalue weighted by Gasteiger charge is -2.11. The Morgan fingerprint density at radius 3 is 2.62 bits per heavy atom. The molecule has 21 heavy (non-hydrogen) atoms. The molecule has 6 heteroatoms. The van der Waals surface area contributed by atoms with E-state index in [0.29, 0.717) is 17.8 Å². The average molecular weight is 291 g/mol. The van der Waals surface area contributed by atoms with E-state index in [4.69, 9.17) is 0 Å². The van der Waals surface area contributed by atoms with Gasteiger partial charge in [0.05, 0.1) is 17.4 Å². The number of benzene rings is 1. The maximum absolute atomic E-state index is 13.1. The van der Waals surface area contributed by atoms with Gasteiger partial charge in [0.2, 0.25) is 0 Å². The molecule has 1 heterocycles. The fraction of sp³-hybridized carbons (Fsp3) is 0.200. The Hall–Kier alpha value is -2.50. The van der Waals surface area contributed by atoms with Crippen LogP contribution < -0.4 is 10.6 Å². The molecule has 0 fully saturated rings. The van der Waals surface area contributed by atoms with Crippen molar-refractivity contribution in [3.8, 4) is 0 Å². The van der Waals surface area contributed by atoms with E-state index in [-0.39, 0.29) is 5.69 Å². The summed E-state index contributed by atoms with van der Waals surface area (Å²) in [6.45, 7) is 2.69. The minimum Gasteiger partial charge on any atom is -0.383 e. The van der Waals surface area contributed by atoms with Gasteiger partial charge in [-0.3, -0.25) is 9.78 Å². The lowest BCUT2D eigenvalue weighted by atomic mass is 10.2. The molecule has 2 N–H and O–H groups in total. The van der Waals surface area contributed by atoms with Crippen molar-refractivity contribution < 1.29 is 13.6 Å². The molecule has 1 aromatic heterocycles. The van der Waals surface area contributed by atoms with E-state index in [9.17, 15) is 13.6 Å². The van der Waals surface area contributed by atoms with Gasteiger partial charge >= 0.3 is 0 Å². The standard InChI is InChI=1S/C15H15F2N3O/c1-2-4-19-14-9-18-5-3-13(14)15(21)20-12-7-10(16)6-11(17)8-12/h3,5-9,19H,2,4H2,1H3,(H,20,21). The first-order valence-corrected chi connectivity index (χ1v) is 6.55. The number of pyridine rings is 1. The van der Waals surface area contributed by atoms with Crippen LogP contribution in [0, 0.1) is 11.6 Å². The first kappa shape index (κ1) is 14.9. The molecular formula is C15H15F2N3O. The van der Waals surface area contributed by atoms with Crippen LogP contribution in [0.15, 0.2) is 36.7 Å². The molecule has 2 rings (SSSR count). The average Bonchev–Trinajstić information content (AvgIpc) is 2.44. The molecule has 0 aliphatic rings. The van der Waals surface area contributed by atoms with Crippen LogP contribution >= 0.6 is 0 Å². The number of carbonyl (C=O) groups is 1. The molecule has 1 aromatic carbocycles. The fourth-order valence-electron chi connectivity index (χ4n) is 1.82. The minimum absolute atomic E-state index is 0.0655. The van der Waals surface area contributed by atoms with Crippen LogP contribution in [-0.2, 0) is 0 Å². The van der Waals surface area contributed by atoms with E-state index in [1.54, 1.807) is 6.07 Å². The second kappa shape index (κ2) is 6.78. The number of nitrogens with zero attached hydrogens (tertiary/aromatic N) is 1. The van der Waals surface area contributed by atoms with E-state index in [1.807, 2.05) is 6.92 Å². The number of rotatable bonds is 5. The summed E-state index contributed by atoms with van der Waals surface area (Å²) in [6, 6.07) is 4.40. The van der Waals surface area contributed by atoms with E-state index >= 15 is 0 Å². The summed E-state index contributed by atoms with van der Waals surface area (Å²) in [5, 5.41) is 5.55. The summed E-state index contributed by atoms with van der Waals surface area (Å²) in [5.41, 5.74) is 1.01. The molecule has 1 amide bonds. The third kappa shape index (κ3) is 3.98. The van der Waals surface area contributed by atoms with Gasteiger partial charge in [-0.1, -0.05) is 6.92 Å². The normalized spacial score (nSPS) is 10.2. The van der Waals surface area contributed by atoms with Crippen LogP contribution in [0.1, 0.15) is 23.7 Å². The van der Waals surface area contributed by atoms with Gasteiger partial charge in [-0.05, 0) is 24.6 Å². The number of hydrogen-bond donors (Lipinski definition) is 2. The van der Waals surface area contributed by atoms with Crippen molar-refractivity contribution in [1.82, 2.24) is 4.98 Å². The molecule has 0 bridgehead atoms. The Labute approximate surface area is 121 Å². The minimum atomic E-state index is -0.746. The molecule has 0 unspecified atom stereocenters. The van der Waals surface area contributed by atoms with E-state index in [0.717, 1.165) is 24.6 Å². The number of anilines is 2. The Morgan fingerprint density at radius 1 is 1.24 bits per heavy atom. The summed E-state index contributed by atoms with van der Waals surface area (Å²) >= 11 is 0. The smallest absolute Gasteiger partial charge is 0.257 e. The van der Waals surface area contributed by atoms with Gasteiger partial charge in [0.15, 0.2) is 0 Å². The van der Waals surface area contributed by atoms with Gasteiger partial charge in [-0.25, -0.2) is 8.78 Å². The zero-order valence-corrected chi connectivity index (χ0v) is 11.5. The van der Waals surface area contributed by atoms with Gasteiger partial charge in [0.25, 0.3) is 5.91 Å². The van der Waals surface area contributed by atoms with Gasteiger partial charge < -0.3 is 10.6 Å². The molecule has 0 aliphatic carbocycles. The van der Waals surface area contributed by atoms with Crippen molar-refractivity contribution >= 4 is 17.3 Å². The molecule has 0 aliphatic heterocycles. The highest BCUT2D eigenvalue weighted by Crippen LogP contribution is 2.18. The highest BCUT2D eigenvalue weighted by molar-refractivity contribution is 6.07. The van der Waals surface area contributed by atoms with Crippen molar-refractivity contribution in [3.63, 3.8) is 0 Å². The summed E-state index contributed by atoms with van der Waals surface area (Å²) < 4.78 is 26.2. The third-order valence-electron chi connectivity index (χ3n) is 2.75. The fourth-order valence-corrected chi connectivity index (χ4v) is 1.82. The van der Waals surface area contributed by atoms with Crippen LogP contribution in [-0.4, -0.2) is 17.4 Å². The van der Waals surface area contributed by atoms with E-state index < -0.39 is 17.5 Å². The van der Waals surface area contributed by atoms with Crippen LogP contribution in [0.4, 0.5) is 20.2 Å². The quantitative estimate of drug-likeness (QED) is 0.887. The Kier molecular flexibility index (Phi) is 4.81. The predicted molar refractivity (Wildman–Crippen MR) is 77.3 cm³/mol. The lowest BCUT2D eigenvalue weighted by Crippen LogP contribution is -2.15. The van der Waals surface area contributed by atoms with Crippen molar-refractivity contribution in [3.05, 3.63) is 53.9 Å². The SMILES string of the molecule is CCCNc1cnccc1C(=O)Nc1cc(F)cc(F)c1.